The van der Waals surface area contributed by atoms with Crippen molar-refractivity contribution in [1.82, 2.24) is 9.88 Å². The number of hydrogen-bond donors (Lipinski definition) is 2. The number of carbonyl (C=O) groups is 2. The molecule has 0 fully saturated rings. The molecule has 3 heterocycles. The summed E-state index contributed by atoms with van der Waals surface area (Å²) in [5, 5.41) is 6.31. The van der Waals surface area contributed by atoms with Gasteiger partial charge < -0.3 is 5.32 Å². The highest BCUT2D eigenvalue weighted by atomic mass is 32.2. The molecule has 2 aliphatic heterocycles. The Hall–Kier alpha value is -2.68. The molecule has 2 aromatic carbocycles. The zero-order valence-corrected chi connectivity index (χ0v) is 18.7. The molecule has 8 heteroatoms. The Morgan fingerprint density at radius 1 is 1.26 bits per heavy atom. The van der Waals surface area contributed by atoms with Gasteiger partial charge in [-0.15, -0.1) is 23.1 Å². The second-order valence-corrected chi connectivity index (χ2v) is 10.2. The zero-order valence-electron chi connectivity index (χ0n) is 17.1. The number of amides is 2. The Labute approximate surface area is 189 Å². The van der Waals surface area contributed by atoms with E-state index in [1.807, 2.05) is 19.1 Å². The first-order valence-electron chi connectivity index (χ1n) is 10.2. The fourth-order valence-corrected chi connectivity index (χ4v) is 5.77. The van der Waals surface area contributed by atoms with Crippen LogP contribution in [0.15, 0.2) is 53.4 Å². The predicted octanol–water partition coefficient (Wildman–Crippen LogP) is 4.39. The molecular weight excluding hydrogens is 428 g/mol. The van der Waals surface area contributed by atoms with Crippen molar-refractivity contribution >= 4 is 45.7 Å². The molecule has 6 nitrogen and oxygen atoms in total. The average molecular weight is 451 g/mol. The number of fused-ring (bicyclic) bond motifs is 2. The van der Waals surface area contributed by atoms with Gasteiger partial charge in [0.05, 0.1) is 16.6 Å². The second-order valence-electron chi connectivity index (χ2n) is 7.75. The van der Waals surface area contributed by atoms with E-state index in [1.54, 1.807) is 23.5 Å². The van der Waals surface area contributed by atoms with Gasteiger partial charge in [-0.3, -0.25) is 19.8 Å². The van der Waals surface area contributed by atoms with Crippen LogP contribution in [0.2, 0.25) is 0 Å². The Morgan fingerprint density at radius 3 is 2.94 bits per heavy atom. The lowest BCUT2D eigenvalue weighted by Gasteiger charge is -2.25. The third kappa shape index (κ3) is 4.37. The van der Waals surface area contributed by atoms with Crippen LogP contribution in [0, 0.1) is 0 Å². The molecule has 1 atom stereocenters. The van der Waals surface area contributed by atoms with Crippen molar-refractivity contribution in [1.29, 1.82) is 0 Å². The predicted molar refractivity (Wildman–Crippen MR) is 125 cm³/mol. The van der Waals surface area contributed by atoms with Gasteiger partial charge in [0.25, 0.3) is 5.91 Å². The normalized spacial score (nSPS) is 18.1. The van der Waals surface area contributed by atoms with Gasteiger partial charge in [-0.05, 0) is 30.7 Å². The fraction of sp³-hybridized carbons (Fsp3) is 0.261. The van der Waals surface area contributed by atoms with Crippen LogP contribution in [0.5, 0.6) is 0 Å². The highest BCUT2D eigenvalue weighted by molar-refractivity contribution is 8.00. The number of rotatable bonds is 4. The van der Waals surface area contributed by atoms with E-state index in [4.69, 9.17) is 0 Å². The number of nitrogens with one attached hydrogen (secondary N) is 2. The van der Waals surface area contributed by atoms with Crippen LogP contribution in [0.3, 0.4) is 0 Å². The summed E-state index contributed by atoms with van der Waals surface area (Å²) in [6.45, 7) is 4.59. The quantitative estimate of drug-likeness (QED) is 0.617. The van der Waals surface area contributed by atoms with Crippen LogP contribution in [-0.2, 0) is 24.3 Å². The Balaban J connectivity index is 1.26. The molecule has 2 amide bonds. The van der Waals surface area contributed by atoms with Gasteiger partial charge in [0.2, 0.25) is 5.91 Å². The van der Waals surface area contributed by atoms with Crippen LogP contribution in [-0.4, -0.2) is 33.5 Å². The molecule has 0 aliphatic carbocycles. The van der Waals surface area contributed by atoms with E-state index in [-0.39, 0.29) is 17.1 Å². The third-order valence-electron chi connectivity index (χ3n) is 5.45. The number of benzene rings is 2. The average Bonchev–Trinajstić information content (AvgIpc) is 3.16. The number of nitrogens with zero attached hydrogens (tertiary/aromatic N) is 2. The summed E-state index contributed by atoms with van der Waals surface area (Å²) in [7, 11) is 0. The standard InChI is InChI=1S/C23H22N4O2S2/c1-14-21(28)24-18-11-16(7-8-19(18)30-14)22(29)26-23-25-17-9-10-27(13-20(17)31-23)12-15-5-3-2-4-6-15/h2-8,11,14H,9-10,12-13H2,1H3,(H,24,28)(H,25,26,29)/t14-/m1/s1. The van der Waals surface area contributed by atoms with E-state index in [0.717, 1.165) is 36.6 Å². The first-order valence-corrected chi connectivity index (χ1v) is 11.9. The van der Waals surface area contributed by atoms with Gasteiger partial charge >= 0.3 is 0 Å². The Kier molecular flexibility index (Phi) is 5.52. The smallest absolute Gasteiger partial charge is 0.257 e. The largest absolute Gasteiger partial charge is 0.324 e. The van der Waals surface area contributed by atoms with Crippen LogP contribution in [0.1, 0.15) is 33.4 Å². The lowest BCUT2D eigenvalue weighted by Crippen LogP contribution is -2.29. The van der Waals surface area contributed by atoms with Crippen LogP contribution >= 0.6 is 23.1 Å². The Bertz CT molecular complexity index is 1150. The molecular formula is C23H22N4O2S2. The SMILES string of the molecule is C[C@H]1Sc2ccc(C(=O)Nc3nc4c(s3)CN(Cc3ccccc3)CC4)cc2NC1=O. The topological polar surface area (TPSA) is 74.3 Å². The van der Waals surface area contributed by atoms with E-state index in [2.05, 4.69) is 44.8 Å². The maximum Gasteiger partial charge on any atom is 0.257 e. The van der Waals surface area contributed by atoms with E-state index in [0.29, 0.717) is 16.4 Å². The minimum absolute atomic E-state index is 0.0392. The highest BCUT2D eigenvalue weighted by Gasteiger charge is 2.25. The number of thioether (sulfide) groups is 1. The molecule has 0 radical (unpaired) electrons. The van der Waals surface area contributed by atoms with Crippen LogP contribution in [0.25, 0.3) is 0 Å². The van der Waals surface area contributed by atoms with Crippen molar-refractivity contribution < 1.29 is 9.59 Å². The lowest BCUT2D eigenvalue weighted by atomic mass is 10.1. The van der Waals surface area contributed by atoms with Gasteiger partial charge in [0.1, 0.15) is 0 Å². The van der Waals surface area contributed by atoms with E-state index < -0.39 is 0 Å². The van der Waals surface area contributed by atoms with Crippen molar-refractivity contribution in [2.24, 2.45) is 0 Å². The summed E-state index contributed by atoms with van der Waals surface area (Å²) in [5.41, 5.74) is 3.58. The molecule has 0 saturated heterocycles. The Morgan fingerprint density at radius 2 is 2.10 bits per heavy atom. The highest BCUT2D eigenvalue weighted by Crippen LogP contribution is 2.36. The molecule has 2 aliphatic rings. The van der Waals surface area contributed by atoms with Gasteiger partial charge in [-0.1, -0.05) is 30.3 Å². The molecule has 31 heavy (non-hydrogen) atoms. The molecule has 158 valence electrons. The number of aromatic nitrogens is 1. The van der Waals surface area contributed by atoms with E-state index in [9.17, 15) is 9.59 Å². The van der Waals surface area contributed by atoms with Crippen LogP contribution in [0.4, 0.5) is 10.8 Å². The van der Waals surface area contributed by atoms with Gasteiger partial charge in [-0.2, -0.15) is 0 Å². The summed E-state index contributed by atoms with van der Waals surface area (Å²) in [6.07, 6.45) is 0.884. The molecule has 5 rings (SSSR count). The number of carbonyl (C=O) groups excluding carboxylic acids is 2. The van der Waals surface area contributed by atoms with Crippen LogP contribution < -0.4 is 10.6 Å². The monoisotopic (exact) mass is 450 g/mol. The number of anilines is 2. The molecule has 2 N–H and O–H groups in total. The summed E-state index contributed by atoms with van der Waals surface area (Å²) in [4.78, 5) is 34.0. The zero-order chi connectivity index (χ0) is 21.4. The summed E-state index contributed by atoms with van der Waals surface area (Å²) < 4.78 is 0. The molecule has 3 aromatic rings. The fourth-order valence-electron chi connectivity index (χ4n) is 3.80. The van der Waals surface area contributed by atoms with E-state index in [1.165, 1.54) is 22.2 Å². The number of hydrogen-bond acceptors (Lipinski definition) is 6. The first kappa shape index (κ1) is 20.2. The molecule has 0 unspecified atom stereocenters. The molecule has 0 bridgehead atoms. The number of thiazole rings is 1. The summed E-state index contributed by atoms with van der Waals surface area (Å²) in [6, 6.07) is 15.9. The van der Waals surface area contributed by atoms with Crippen molar-refractivity contribution in [2.45, 2.75) is 36.6 Å². The lowest BCUT2D eigenvalue weighted by molar-refractivity contribution is -0.115. The van der Waals surface area contributed by atoms with Crippen molar-refractivity contribution in [3.05, 3.63) is 70.2 Å². The first-order chi connectivity index (χ1) is 15.0. The maximum atomic E-state index is 12.8. The second kappa shape index (κ2) is 8.45. The summed E-state index contributed by atoms with van der Waals surface area (Å²) >= 11 is 3.05. The minimum atomic E-state index is -0.215. The molecule has 1 aromatic heterocycles. The molecule has 0 saturated carbocycles. The third-order valence-corrected chi connectivity index (χ3v) is 7.63. The summed E-state index contributed by atoms with van der Waals surface area (Å²) in [5.74, 6) is -0.254. The van der Waals surface area contributed by atoms with Gasteiger partial charge in [-0.25, -0.2) is 4.98 Å². The van der Waals surface area contributed by atoms with Crippen molar-refractivity contribution in [2.75, 3.05) is 17.2 Å². The maximum absolute atomic E-state index is 12.8. The van der Waals surface area contributed by atoms with Crippen molar-refractivity contribution in [3.8, 4) is 0 Å². The van der Waals surface area contributed by atoms with Crippen molar-refractivity contribution in [3.63, 3.8) is 0 Å². The molecule has 0 spiro atoms. The minimum Gasteiger partial charge on any atom is -0.324 e. The van der Waals surface area contributed by atoms with E-state index >= 15 is 0 Å². The van der Waals surface area contributed by atoms with Gasteiger partial charge in [0, 0.05) is 41.4 Å². The van der Waals surface area contributed by atoms with Gasteiger partial charge in [0.15, 0.2) is 5.13 Å².